The van der Waals surface area contributed by atoms with Gasteiger partial charge in [-0.15, -0.1) is 0 Å². The molecule has 0 bridgehead atoms. The Hall–Kier alpha value is -1.18. The quantitative estimate of drug-likeness (QED) is 0.745. The van der Waals surface area contributed by atoms with E-state index < -0.39 is 0 Å². The molecule has 2 nitrogen and oxygen atoms in total. The van der Waals surface area contributed by atoms with Crippen LogP contribution in [0.25, 0.3) is 0 Å². The second kappa shape index (κ2) is 10.3. The van der Waals surface area contributed by atoms with Gasteiger partial charge in [-0.2, -0.15) is 0 Å². The van der Waals surface area contributed by atoms with E-state index in [1.165, 1.54) is 5.56 Å². The lowest BCUT2D eigenvalue weighted by atomic mass is 10.1. The monoisotopic (exact) mass is 226 g/mol. The maximum absolute atomic E-state index is 5.20. The number of methoxy groups -OCH3 is 2. The van der Waals surface area contributed by atoms with Crippen LogP contribution in [-0.4, -0.2) is 14.2 Å². The van der Waals surface area contributed by atoms with Crippen LogP contribution in [0.3, 0.4) is 0 Å². The summed E-state index contributed by atoms with van der Waals surface area (Å²) in [5.74, 6) is 1.62. The van der Waals surface area contributed by atoms with Crippen LogP contribution in [0.4, 0.5) is 0 Å². The number of benzene rings is 1. The Bertz CT molecular complexity index is 280. The Morgan fingerprint density at radius 3 is 1.69 bits per heavy atom. The normalized spacial score (nSPS) is 8.00. The summed E-state index contributed by atoms with van der Waals surface area (Å²) in [7, 11) is 3.30. The Kier molecular flexibility index (Phi) is 11.1. The molecule has 2 heteroatoms. The van der Waals surface area contributed by atoms with Gasteiger partial charge in [0.1, 0.15) is 0 Å². The first kappa shape index (κ1) is 17.2. The van der Waals surface area contributed by atoms with Gasteiger partial charge in [0.15, 0.2) is 11.5 Å². The minimum atomic E-state index is 0.801. The average Bonchev–Trinajstić information content (AvgIpc) is 2.33. The molecule has 0 saturated carbocycles. The highest BCUT2D eigenvalue weighted by Crippen LogP contribution is 2.31. The van der Waals surface area contributed by atoms with Gasteiger partial charge < -0.3 is 9.47 Å². The molecule has 0 aliphatic carbocycles. The molecule has 0 saturated heterocycles. The van der Waals surface area contributed by atoms with Gasteiger partial charge in [-0.05, 0) is 31.0 Å². The van der Waals surface area contributed by atoms with Crippen molar-refractivity contribution in [2.24, 2.45) is 0 Å². The fourth-order valence-corrected chi connectivity index (χ4v) is 1.33. The smallest absolute Gasteiger partial charge is 0.163 e. The molecule has 0 amide bonds. The third-order valence-corrected chi connectivity index (χ3v) is 1.81. The molecule has 0 radical (unpaired) electrons. The standard InChI is InChI=1S/C10H14O2.2C2H6/c1-7-5-8(2)10(12-4)9(6-7)11-3;2*1-2/h5-6H,1-4H3;2*1-2H3. The van der Waals surface area contributed by atoms with Gasteiger partial charge in [0.25, 0.3) is 0 Å². The van der Waals surface area contributed by atoms with Crippen molar-refractivity contribution < 1.29 is 9.47 Å². The minimum absolute atomic E-state index is 0.801. The van der Waals surface area contributed by atoms with Gasteiger partial charge >= 0.3 is 0 Å². The predicted octanol–water partition coefficient (Wildman–Crippen LogP) is 4.37. The lowest BCUT2D eigenvalue weighted by molar-refractivity contribution is 0.352. The molecular formula is C14H26O2. The SMILES string of the molecule is CC.CC.COc1cc(C)cc(C)c1OC. The Morgan fingerprint density at radius 2 is 1.31 bits per heavy atom. The van der Waals surface area contributed by atoms with E-state index >= 15 is 0 Å². The number of hydrogen-bond acceptors (Lipinski definition) is 2. The van der Waals surface area contributed by atoms with Crippen molar-refractivity contribution in [2.75, 3.05) is 14.2 Å². The van der Waals surface area contributed by atoms with Crippen LogP contribution >= 0.6 is 0 Å². The second-order valence-electron chi connectivity index (χ2n) is 2.82. The molecule has 16 heavy (non-hydrogen) atoms. The van der Waals surface area contributed by atoms with E-state index in [4.69, 9.17) is 9.47 Å². The largest absolute Gasteiger partial charge is 0.493 e. The molecule has 0 N–H and O–H groups in total. The summed E-state index contributed by atoms with van der Waals surface area (Å²) < 4.78 is 10.4. The minimum Gasteiger partial charge on any atom is -0.493 e. The molecule has 1 aromatic rings. The highest BCUT2D eigenvalue weighted by atomic mass is 16.5. The summed E-state index contributed by atoms with van der Waals surface area (Å²) in [6, 6.07) is 4.03. The summed E-state index contributed by atoms with van der Waals surface area (Å²) in [6.07, 6.45) is 0. The van der Waals surface area contributed by atoms with Gasteiger partial charge in [-0.3, -0.25) is 0 Å². The zero-order valence-corrected chi connectivity index (χ0v) is 12.0. The first-order valence-electron chi connectivity index (χ1n) is 5.88. The van der Waals surface area contributed by atoms with Gasteiger partial charge in [0.05, 0.1) is 14.2 Å². The maximum Gasteiger partial charge on any atom is 0.163 e. The third kappa shape index (κ3) is 5.06. The van der Waals surface area contributed by atoms with Crippen LogP contribution in [-0.2, 0) is 0 Å². The van der Waals surface area contributed by atoms with Gasteiger partial charge in [0.2, 0.25) is 0 Å². The van der Waals surface area contributed by atoms with Crippen molar-refractivity contribution in [3.63, 3.8) is 0 Å². The summed E-state index contributed by atoms with van der Waals surface area (Å²) in [5.41, 5.74) is 2.29. The van der Waals surface area contributed by atoms with Crippen LogP contribution < -0.4 is 9.47 Å². The highest BCUT2D eigenvalue weighted by molar-refractivity contribution is 5.48. The average molecular weight is 226 g/mol. The van der Waals surface area contributed by atoms with Crippen LogP contribution in [0.2, 0.25) is 0 Å². The molecule has 0 aliphatic heterocycles. The highest BCUT2D eigenvalue weighted by Gasteiger charge is 2.06. The second-order valence-corrected chi connectivity index (χ2v) is 2.82. The van der Waals surface area contributed by atoms with Crippen molar-refractivity contribution >= 4 is 0 Å². The zero-order chi connectivity index (χ0) is 13.1. The third-order valence-electron chi connectivity index (χ3n) is 1.81. The summed E-state index contributed by atoms with van der Waals surface area (Å²) >= 11 is 0. The number of hydrogen-bond donors (Lipinski definition) is 0. The van der Waals surface area contributed by atoms with E-state index in [0.29, 0.717) is 0 Å². The van der Waals surface area contributed by atoms with Crippen LogP contribution in [0, 0.1) is 13.8 Å². The van der Waals surface area contributed by atoms with E-state index in [1.54, 1.807) is 14.2 Å². The summed E-state index contributed by atoms with van der Waals surface area (Å²) in [4.78, 5) is 0. The van der Waals surface area contributed by atoms with Crippen LogP contribution in [0.1, 0.15) is 38.8 Å². The number of rotatable bonds is 2. The van der Waals surface area contributed by atoms with E-state index in [9.17, 15) is 0 Å². The van der Waals surface area contributed by atoms with Crippen LogP contribution in [0.15, 0.2) is 12.1 Å². The van der Waals surface area contributed by atoms with E-state index in [-0.39, 0.29) is 0 Å². The van der Waals surface area contributed by atoms with Gasteiger partial charge in [0, 0.05) is 0 Å². The lowest BCUT2D eigenvalue weighted by Gasteiger charge is -2.10. The molecule has 1 aromatic carbocycles. The van der Waals surface area contributed by atoms with Gasteiger partial charge in [-0.25, -0.2) is 0 Å². The van der Waals surface area contributed by atoms with Crippen molar-refractivity contribution in [1.29, 1.82) is 0 Å². The lowest BCUT2D eigenvalue weighted by Crippen LogP contribution is -1.93. The number of ether oxygens (including phenoxy) is 2. The van der Waals surface area contributed by atoms with Crippen LogP contribution in [0.5, 0.6) is 11.5 Å². The van der Waals surface area contributed by atoms with Crippen molar-refractivity contribution in [3.05, 3.63) is 23.3 Å². The van der Waals surface area contributed by atoms with E-state index in [1.807, 2.05) is 47.6 Å². The Balaban J connectivity index is 0. The Labute approximate surface area is 101 Å². The maximum atomic E-state index is 5.20. The molecule has 0 aromatic heterocycles. The molecule has 0 atom stereocenters. The van der Waals surface area contributed by atoms with E-state index in [0.717, 1.165) is 17.1 Å². The molecule has 0 fully saturated rings. The molecular weight excluding hydrogens is 200 g/mol. The molecule has 0 spiro atoms. The van der Waals surface area contributed by atoms with Crippen molar-refractivity contribution in [2.45, 2.75) is 41.5 Å². The van der Waals surface area contributed by atoms with Gasteiger partial charge in [-0.1, -0.05) is 33.8 Å². The molecule has 0 unspecified atom stereocenters. The molecule has 94 valence electrons. The topological polar surface area (TPSA) is 18.5 Å². The summed E-state index contributed by atoms with van der Waals surface area (Å²) in [5, 5.41) is 0. The van der Waals surface area contributed by atoms with Crippen molar-refractivity contribution in [1.82, 2.24) is 0 Å². The zero-order valence-electron chi connectivity index (χ0n) is 12.0. The fraction of sp³-hybridized carbons (Fsp3) is 0.571. The molecule has 0 aliphatic rings. The number of aryl methyl sites for hydroxylation is 2. The van der Waals surface area contributed by atoms with E-state index in [2.05, 4.69) is 6.07 Å². The fourth-order valence-electron chi connectivity index (χ4n) is 1.33. The first-order chi connectivity index (χ1) is 7.69. The molecule has 1 rings (SSSR count). The Morgan fingerprint density at radius 1 is 0.812 bits per heavy atom. The predicted molar refractivity (Wildman–Crippen MR) is 71.7 cm³/mol. The summed E-state index contributed by atoms with van der Waals surface area (Å²) in [6.45, 7) is 12.0. The molecule has 0 heterocycles. The first-order valence-corrected chi connectivity index (χ1v) is 5.88. The van der Waals surface area contributed by atoms with Crippen molar-refractivity contribution in [3.8, 4) is 11.5 Å².